The van der Waals surface area contributed by atoms with Crippen LogP contribution in [0.1, 0.15) is 25.8 Å². The molecule has 0 radical (unpaired) electrons. The van der Waals surface area contributed by atoms with Crippen molar-refractivity contribution in [3.05, 3.63) is 23.8 Å². The Bertz CT molecular complexity index is 467. The van der Waals surface area contributed by atoms with Crippen LogP contribution >= 0.6 is 0 Å². The van der Waals surface area contributed by atoms with E-state index in [0.717, 1.165) is 5.56 Å². The molecule has 2 atom stereocenters. The van der Waals surface area contributed by atoms with Crippen molar-refractivity contribution in [2.45, 2.75) is 32.3 Å². The van der Waals surface area contributed by atoms with E-state index in [-0.39, 0.29) is 6.42 Å². The first-order valence-electron chi connectivity index (χ1n) is 6.51. The molecular formula is C15H22O5. The van der Waals surface area contributed by atoms with Crippen LogP contribution in [0.4, 0.5) is 0 Å². The molecule has 0 spiro atoms. The normalized spacial score (nSPS) is 15.2. The minimum Gasteiger partial charge on any atom is -0.493 e. The molecule has 0 heterocycles. The molecule has 1 aromatic rings. The lowest BCUT2D eigenvalue weighted by molar-refractivity contribution is -0.151. The fraction of sp³-hybridized carbons (Fsp3) is 0.533. The summed E-state index contributed by atoms with van der Waals surface area (Å²) in [5.41, 5.74) is -0.521. The van der Waals surface area contributed by atoms with Gasteiger partial charge in [0.15, 0.2) is 11.5 Å². The van der Waals surface area contributed by atoms with Crippen LogP contribution in [-0.4, -0.2) is 36.0 Å². The van der Waals surface area contributed by atoms with Crippen molar-refractivity contribution in [1.82, 2.24) is 0 Å². The summed E-state index contributed by atoms with van der Waals surface area (Å²) in [6, 6.07) is 5.29. The van der Waals surface area contributed by atoms with Crippen LogP contribution < -0.4 is 9.47 Å². The molecule has 0 bridgehead atoms. The molecule has 0 aliphatic carbocycles. The largest absolute Gasteiger partial charge is 0.493 e. The number of benzene rings is 1. The second-order valence-corrected chi connectivity index (χ2v) is 5.02. The molecule has 0 aromatic heterocycles. The lowest BCUT2D eigenvalue weighted by atomic mass is 9.82. The average molecular weight is 282 g/mol. The molecule has 1 aromatic carbocycles. The van der Waals surface area contributed by atoms with Crippen LogP contribution in [0, 0.1) is 5.92 Å². The van der Waals surface area contributed by atoms with Gasteiger partial charge in [-0.2, -0.15) is 0 Å². The maximum absolute atomic E-state index is 11.2. The van der Waals surface area contributed by atoms with Gasteiger partial charge in [-0.3, -0.25) is 4.79 Å². The van der Waals surface area contributed by atoms with Crippen molar-refractivity contribution in [2.24, 2.45) is 5.92 Å². The van der Waals surface area contributed by atoms with Gasteiger partial charge in [-0.1, -0.05) is 13.0 Å². The van der Waals surface area contributed by atoms with Gasteiger partial charge >= 0.3 is 5.97 Å². The Morgan fingerprint density at radius 3 is 2.35 bits per heavy atom. The quantitative estimate of drug-likeness (QED) is 0.801. The molecule has 1 rings (SSSR count). The third-order valence-electron chi connectivity index (χ3n) is 3.47. The van der Waals surface area contributed by atoms with E-state index >= 15 is 0 Å². The molecular weight excluding hydrogens is 260 g/mol. The average Bonchev–Trinajstić information content (AvgIpc) is 2.37. The Hall–Kier alpha value is -1.75. The first-order valence-corrected chi connectivity index (χ1v) is 6.51. The number of aliphatic carboxylic acids is 1. The number of carboxylic acid groups (broad SMARTS) is 1. The van der Waals surface area contributed by atoms with Gasteiger partial charge in [0.2, 0.25) is 0 Å². The summed E-state index contributed by atoms with van der Waals surface area (Å²) in [7, 11) is 3.08. The van der Waals surface area contributed by atoms with Crippen LogP contribution in [0.15, 0.2) is 18.2 Å². The lowest BCUT2D eigenvalue weighted by Gasteiger charge is -2.29. The van der Waals surface area contributed by atoms with Crippen molar-refractivity contribution in [3.8, 4) is 11.5 Å². The summed E-state index contributed by atoms with van der Waals surface area (Å²) < 4.78 is 10.3. The number of hydrogen-bond donors (Lipinski definition) is 2. The zero-order valence-corrected chi connectivity index (χ0v) is 12.3. The number of carbonyl (C=O) groups is 1. The van der Waals surface area contributed by atoms with E-state index in [1.165, 1.54) is 7.11 Å². The van der Waals surface area contributed by atoms with E-state index in [0.29, 0.717) is 17.9 Å². The first kappa shape index (κ1) is 16.3. The van der Waals surface area contributed by atoms with E-state index in [1.807, 2.05) is 0 Å². The SMILES string of the molecule is CCC(C(=O)O)C(C)(O)Cc1ccc(OC)c(OC)c1. The summed E-state index contributed by atoms with van der Waals surface area (Å²) in [4.78, 5) is 11.2. The summed E-state index contributed by atoms with van der Waals surface area (Å²) in [6.07, 6.45) is 0.605. The highest BCUT2D eigenvalue weighted by Gasteiger charge is 2.36. The highest BCUT2D eigenvalue weighted by Crippen LogP contribution is 2.31. The molecule has 5 heteroatoms. The zero-order valence-electron chi connectivity index (χ0n) is 12.3. The van der Waals surface area contributed by atoms with Gasteiger partial charge in [-0.15, -0.1) is 0 Å². The highest BCUT2D eigenvalue weighted by molar-refractivity contribution is 5.71. The van der Waals surface area contributed by atoms with E-state index < -0.39 is 17.5 Å². The molecule has 0 aliphatic rings. The number of ether oxygens (including phenoxy) is 2. The van der Waals surface area contributed by atoms with Gasteiger partial charge in [0, 0.05) is 6.42 Å². The number of aliphatic hydroxyl groups is 1. The number of rotatable bonds is 7. The van der Waals surface area contributed by atoms with Crippen LogP contribution in [0.25, 0.3) is 0 Å². The standard InChI is InChI=1S/C15H22O5/c1-5-11(14(16)17)15(2,18)9-10-6-7-12(19-3)13(8-10)20-4/h6-8,11,18H,5,9H2,1-4H3,(H,16,17). The van der Waals surface area contributed by atoms with Crippen LogP contribution in [0.5, 0.6) is 11.5 Å². The summed E-state index contributed by atoms with van der Waals surface area (Å²) in [5, 5.41) is 19.6. The van der Waals surface area contributed by atoms with Crippen LogP contribution in [0.2, 0.25) is 0 Å². The predicted molar refractivity (Wildman–Crippen MR) is 75.3 cm³/mol. The van der Waals surface area contributed by atoms with Crippen LogP contribution in [0.3, 0.4) is 0 Å². The molecule has 0 fully saturated rings. The monoisotopic (exact) mass is 282 g/mol. The van der Waals surface area contributed by atoms with E-state index in [4.69, 9.17) is 14.6 Å². The Morgan fingerprint density at radius 2 is 1.90 bits per heavy atom. The van der Waals surface area contributed by atoms with Gasteiger partial charge in [-0.25, -0.2) is 0 Å². The first-order chi connectivity index (χ1) is 9.35. The fourth-order valence-electron chi connectivity index (χ4n) is 2.41. The van der Waals surface area contributed by atoms with Gasteiger partial charge in [-0.05, 0) is 31.0 Å². The van der Waals surface area contributed by atoms with Crippen molar-refractivity contribution < 1.29 is 24.5 Å². The molecule has 0 aliphatic heterocycles. The minimum absolute atomic E-state index is 0.234. The Morgan fingerprint density at radius 1 is 1.30 bits per heavy atom. The van der Waals surface area contributed by atoms with Crippen LogP contribution in [-0.2, 0) is 11.2 Å². The molecule has 0 saturated heterocycles. The van der Waals surface area contributed by atoms with Gasteiger partial charge in [0.1, 0.15) is 0 Å². The van der Waals surface area contributed by atoms with E-state index in [1.54, 1.807) is 39.2 Å². The molecule has 0 amide bonds. The third-order valence-corrected chi connectivity index (χ3v) is 3.47. The maximum atomic E-state index is 11.2. The molecule has 2 N–H and O–H groups in total. The Kier molecular flexibility index (Phi) is 5.39. The summed E-state index contributed by atoms with van der Waals surface area (Å²) in [6.45, 7) is 3.30. The van der Waals surface area contributed by atoms with Crippen molar-refractivity contribution >= 4 is 5.97 Å². The fourth-order valence-corrected chi connectivity index (χ4v) is 2.41. The Balaban J connectivity index is 2.99. The zero-order chi connectivity index (χ0) is 15.3. The van der Waals surface area contributed by atoms with Crippen molar-refractivity contribution in [3.63, 3.8) is 0 Å². The van der Waals surface area contributed by atoms with Crippen molar-refractivity contribution in [2.75, 3.05) is 14.2 Å². The Labute approximate surface area is 119 Å². The maximum Gasteiger partial charge on any atom is 0.309 e. The molecule has 20 heavy (non-hydrogen) atoms. The number of methoxy groups -OCH3 is 2. The smallest absolute Gasteiger partial charge is 0.309 e. The third kappa shape index (κ3) is 3.63. The lowest BCUT2D eigenvalue weighted by Crippen LogP contribution is -2.41. The highest BCUT2D eigenvalue weighted by atomic mass is 16.5. The number of carboxylic acids is 1. The second-order valence-electron chi connectivity index (χ2n) is 5.02. The van der Waals surface area contributed by atoms with Gasteiger partial charge in [0.05, 0.1) is 25.7 Å². The summed E-state index contributed by atoms with van der Waals surface area (Å²) >= 11 is 0. The van der Waals surface area contributed by atoms with E-state index in [9.17, 15) is 9.90 Å². The topological polar surface area (TPSA) is 76.0 Å². The van der Waals surface area contributed by atoms with Gasteiger partial charge in [0.25, 0.3) is 0 Å². The van der Waals surface area contributed by atoms with Crippen molar-refractivity contribution in [1.29, 1.82) is 0 Å². The molecule has 2 unspecified atom stereocenters. The van der Waals surface area contributed by atoms with E-state index in [2.05, 4.69) is 0 Å². The summed E-state index contributed by atoms with van der Waals surface area (Å²) in [5.74, 6) is -0.640. The second kappa shape index (κ2) is 6.61. The predicted octanol–water partition coefficient (Wildman–Crippen LogP) is 2.11. The van der Waals surface area contributed by atoms with Gasteiger partial charge < -0.3 is 19.7 Å². The molecule has 112 valence electrons. The molecule has 0 saturated carbocycles. The molecule has 5 nitrogen and oxygen atoms in total. The number of hydrogen-bond acceptors (Lipinski definition) is 4. The minimum atomic E-state index is -1.32.